The summed E-state index contributed by atoms with van der Waals surface area (Å²) in [6, 6.07) is 9.49. The second kappa shape index (κ2) is 13.4. The number of piperazine rings is 1. The SMILES string of the molecule is CCNC(=NCCS(=O)c1ccccc1)N1CCN(C(C)C(=O)N2CCCC2)CC1.I. The van der Waals surface area contributed by atoms with Gasteiger partial charge in [-0.2, -0.15) is 0 Å². The normalized spacial score (nSPS) is 19.6. The molecule has 0 saturated carbocycles. The second-order valence-corrected chi connectivity index (χ2v) is 9.40. The third kappa shape index (κ3) is 7.42. The molecular formula is C22H36IN5O2S. The number of likely N-dealkylation sites (tertiary alicyclic amines) is 1. The highest BCUT2D eigenvalue weighted by molar-refractivity contribution is 14.0. The maximum Gasteiger partial charge on any atom is 0.239 e. The first-order valence-electron chi connectivity index (χ1n) is 11.1. The van der Waals surface area contributed by atoms with Crippen LogP contribution in [0.2, 0.25) is 0 Å². The number of carbonyl (C=O) groups is 1. The monoisotopic (exact) mass is 561 g/mol. The van der Waals surface area contributed by atoms with Gasteiger partial charge in [0.2, 0.25) is 5.91 Å². The number of guanidine groups is 1. The molecule has 2 unspecified atom stereocenters. The Hall–Kier alpha value is -1.20. The van der Waals surface area contributed by atoms with Gasteiger partial charge in [0.05, 0.1) is 23.4 Å². The Kier molecular flexibility index (Phi) is 11.2. The van der Waals surface area contributed by atoms with E-state index in [9.17, 15) is 9.00 Å². The van der Waals surface area contributed by atoms with E-state index in [1.807, 2.05) is 42.2 Å². The zero-order valence-corrected chi connectivity index (χ0v) is 21.8. The van der Waals surface area contributed by atoms with Gasteiger partial charge in [-0.3, -0.25) is 18.9 Å². The molecule has 1 amide bonds. The van der Waals surface area contributed by atoms with Crippen molar-refractivity contribution in [3.63, 3.8) is 0 Å². The summed E-state index contributed by atoms with van der Waals surface area (Å²) in [6.07, 6.45) is 2.26. The average Bonchev–Trinajstić information content (AvgIpc) is 3.33. The molecule has 2 atom stereocenters. The fourth-order valence-corrected chi connectivity index (χ4v) is 4.98. The van der Waals surface area contributed by atoms with Crippen molar-refractivity contribution in [1.82, 2.24) is 20.0 Å². The topological polar surface area (TPSA) is 68.2 Å². The predicted molar refractivity (Wildman–Crippen MR) is 138 cm³/mol. The Balaban J connectivity index is 0.00000341. The lowest BCUT2D eigenvalue weighted by molar-refractivity contribution is -0.135. The largest absolute Gasteiger partial charge is 0.357 e. The van der Waals surface area contributed by atoms with Crippen LogP contribution < -0.4 is 5.32 Å². The van der Waals surface area contributed by atoms with E-state index in [4.69, 9.17) is 4.99 Å². The zero-order chi connectivity index (χ0) is 21.3. The minimum Gasteiger partial charge on any atom is -0.357 e. The van der Waals surface area contributed by atoms with Gasteiger partial charge in [-0.15, -0.1) is 24.0 Å². The van der Waals surface area contributed by atoms with Gasteiger partial charge < -0.3 is 15.1 Å². The van der Waals surface area contributed by atoms with E-state index in [2.05, 4.69) is 22.0 Å². The van der Waals surface area contributed by atoms with Gasteiger partial charge in [0.1, 0.15) is 0 Å². The molecule has 2 saturated heterocycles. The lowest BCUT2D eigenvalue weighted by atomic mass is 10.2. The van der Waals surface area contributed by atoms with E-state index in [-0.39, 0.29) is 35.9 Å². The van der Waals surface area contributed by atoms with Gasteiger partial charge in [-0.05, 0) is 38.8 Å². The van der Waals surface area contributed by atoms with Crippen molar-refractivity contribution in [2.75, 3.05) is 58.1 Å². The molecule has 2 aliphatic heterocycles. The number of nitrogens with one attached hydrogen (secondary N) is 1. The van der Waals surface area contributed by atoms with E-state index in [0.29, 0.717) is 12.3 Å². The van der Waals surface area contributed by atoms with Gasteiger partial charge >= 0.3 is 0 Å². The summed E-state index contributed by atoms with van der Waals surface area (Å²) >= 11 is 0. The highest BCUT2D eigenvalue weighted by Crippen LogP contribution is 2.14. The molecule has 1 aromatic rings. The molecule has 2 aliphatic rings. The molecule has 1 aromatic carbocycles. The highest BCUT2D eigenvalue weighted by atomic mass is 127. The van der Waals surface area contributed by atoms with Crippen LogP contribution >= 0.6 is 24.0 Å². The minimum atomic E-state index is -1.03. The molecule has 0 aromatic heterocycles. The third-order valence-electron chi connectivity index (χ3n) is 5.82. The molecule has 9 heteroatoms. The van der Waals surface area contributed by atoms with E-state index >= 15 is 0 Å². The summed E-state index contributed by atoms with van der Waals surface area (Å²) in [6.45, 7) is 10.6. The van der Waals surface area contributed by atoms with E-state index < -0.39 is 10.8 Å². The Morgan fingerprint density at radius 1 is 1.06 bits per heavy atom. The van der Waals surface area contributed by atoms with Crippen LogP contribution in [-0.2, 0) is 15.6 Å². The van der Waals surface area contributed by atoms with Crippen molar-refractivity contribution in [3.05, 3.63) is 30.3 Å². The van der Waals surface area contributed by atoms with Crippen molar-refractivity contribution in [2.45, 2.75) is 37.6 Å². The van der Waals surface area contributed by atoms with Gasteiger partial charge in [0.25, 0.3) is 0 Å². The van der Waals surface area contributed by atoms with Gasteiger partial charge in [0, 0.05) is 56.5 Å². The Bertz CT molecular complexity index is 735. The smallest absolute Gasteiger partial charge is 0.239 e. The van der Waals surface area contributed by atoms with Crippen molar-refractivity contribution in [3.8, 4) is 0 Å². The third-order valence-corrected chi connectivity index (χ3v) is 7.17. The Morgan fingerprint density at radius 3 is 2.32 bits per heavy atom. The number of benzene rings is 1. The predicted octanol–water partition coefficient (Wildman–Crippen LogP) is 2.01. The number of hydrogen-bond donors (Lipinski definition) is 1. The van der Waals surface area contributed by atoms with E-state index in [1.54, 1.807) is 0 Å². The van der Waals surface area contributed by atoms with E-state index in [1.165, 1.54) is 0 Å². The number of hydrogen-bond acceptors (Lipinski definition) is 4. The fourth-order valence-electron chi connectivity index (χ4n) is 4.03. The standard InChI is InChI=1S/C22H35N5O2S.HI/c1-3-23-22(24-11-18-30(29)20-9-5-4-6-10-20)27-16-14-25(15-17-27)19(2)21(28)26-12-7-8-13-26;/h4-6,9-10,19H,3,7-8,11-18H2,1-2H3,(H,23,24);1H. The molecular weight excluding hydrogens is 525 g/mol. The second-order valence-electron chi connectivity index (χ2n) is 7.83. The molecule has 174 valence electrons. The minimum absolute atomic E-state index is 0. The summed E-state index contributed by atoms with van der Waals surface area (Å²) in [5.41, 5.74) is 0. The maximum absolute atomic E-state index is 12.7. The number of carbonyl (C=O) groups excluding carboxylic acids is 1. The number of nitrogens with zero attached hydrogens (tertiary/aromatic N) is 4. The Morgan fingerprint density at radius 2 is 1.71 bits per heavy atom. The molecule has 2 heterocycles. The fraction of sp³-hybridized carbons (Fsp3) is 0.636. The molecule has 0 spiro atoms. The summed E-state index contributed by atoms with van der Waals surface area (Å²) in [5, 5.41) is 3.36. The van der Waals surface area contributed by atoms with Crippen LogP contribution in [0.3, 0.4) is 0 Å². The highest BCUT2D eigenvalue weighted by Gasteiger charge is 2.30. The van der Waals surface area contributed by atoms with Gasteiger partial charge in [0.15, 0.2) is 5.96 Å². The van der Waals surface area contributed by atoms with Crippen LogP contribution in [-0.4, -0.2) is 94.9 Å². The maximum atomic E-state index is 12.7. The zero-order valence-electron chi connectivity index (χ0n) is 18.7. The quantitative estimate of drug-likeness (QED) is 0.314. The summed E-state index contributed by atoms with van der Waals surface area (Å²) in [5.74, 6) is 1.66. The van der Waals surface area contributed by atoms with Crippen molar-refractivity contribution < 1.29 is 9.00 Å². The summed E-state index contributed by atoms with van der Waals surface area (Å²) in [7, 11) is -1.03. The van der Waals surface area contributed by atoms with Crippen LogP contribution in [0.5, 0.6) is 0 Å². The first-order chi connectivity index (χ1) is 14.6. The first kappa shape index (κ1) is 26.1. The molecule has 2 fully saturated rings. The molecule has 31 heavy (non-hydrogen) atoms. The molecule has 1 N–H and O–H groups in total. The van der Waals surface area contributed by atoms with Crippen LogP contribution in [0.1, 0.15) is 26.7 Å². The van der Waals surface area contributed by atoms with E-state index in [0.717, 1.165) is 69.5 Å². The van der Waals surface area contributed by atoms with Crippen molar-refractivity contribution >= 4 is 46.6 Å². The molecule has 0 bridgehead atoms. The lowest BCUT2D eigenvalue weighted by Crippen LogP contribution is -2.57. The summed E-state index contributed by atoms with van der Waals surface area (Å²) < 4.78 is 12.4. The van der Waals surface area contributed by atoms with Gasteiger partial charge in [-0.25, -0.2) is 0 Å². The van der Waals surface area contributed by atoms with Crippen LogP contribution in [0.25, 0.3) is 0 Å². The average molecular weight is 562 g/mol. The molecule has 7 nitrogen and oxygen atoms in total. The van der Waals surface area contributed by atoms with Gasteiger partial charge in [-0.1, -0.05) is 18.2 Å². The number of rotatable bonds is 7. The number of amides is 1. The van der Waals surface area contributed by atoms with Crippen molar-refractivity contribution in [1.29, 1.82) is 0 Å². The summed E-state index contributed by atoms with van der Waals surface area (Å²) in [4.78, 5) is 24.8. The first-order valence-corrected chi connectivity index (χ1v) is 12.4. The molecule has 0 aliphatic carbocycles. The van der Waals surface area contributed by atoms with Crippen LogP contribution in [0, 0.1) is 0 Å². The number of aliphatic imine (C=N–C) groups is 1. The molecule has 3 rings (SSSR count). The van der Waals surface area contributed by atoms with Crippen LogP contribution in [0.15, 0.2) is 40.2 Å². The number of halogens is 1. The van der Waals surface area contributed by atoms with Crippen LogP contribution in [0.4, 0.5) is 0 Å². The van der Waals surface area contributed by atoms with Crippen molar-refractivity contribution in [2.24, 2.45) is 4.99 Å². The Labute approximate surface area is 206 Å². The molecule has 0 radical (unpaired) electrons. The lowest BCUT2D eigenvalue weighted by Gasteiger charge is -2.39.